The number of amides is 2. The Bertz CT molecular complexity index is 553. The lowest BCUT2D eigenvalue weighted by atomic mass is 9.71. The van der Waals surface area contributed by atoms with Gasteiger partial charge in [0.2, 0.25) is 0 Å². The van der Waals surface area contributed by atoms with Crippen LogP contribution in [0.5, 0.6) is 0 Å². The van der Waals surface area contributed by atoms with Crippen molar-refractivity contribution in [3.8, 4) is 0 Å². The molecule has 3 heterocycles. The Morgan fingerprint density at radius 3 is 1.83 bits per heavy atom. The maximum atomic E-state index is 12.7. The Morgan fingerprint density at radius 2 is 1.42 bits per heavy atom. The zero-order chi connectivity index (χ0) is 18.0. The molecule has 0 aromatic rings. The van der Waals surface area contributed by atoms with Crippen LogP contribution in [0.15, 0.2) is 0 Å². The first kappa shape index (κ1) is 17.3. The number of carbonyl (C=O) groups is 2. The van der Waals surface area contributed by atoms with Crippen LogP contribution >= 0.6 is 0 Å². The SMILES string of the molecule is CC(C)(C)OC(=O)N1C[C@@]23CNC[C@@]2(C1)CN(C(=O)C(F)(F)F)C3. The molecule has 9 heteroatoms. The fourth-order valence-corrected chi connectivity index (χ4v) is 4.26. The Balaban J connectivity index is 1.77. The molecule has 24 heavy (non-hydrogen) atoms. The van der Waals surface area contributed by atoms with Crippen LogP contribution in [0.1, 0.15) is 20.8 Å². The van der Waals surface area contributed by atoms with Crippen LogP contribution in [0, 0.1) is 10.8 Å². The van der Waals surface area contributed by atoms with Crippen molar-refractivity contribution in [3.63, 3.8) is 0 Å². The lowest BCUT2D eigenvalue weighted by Gasteiger charge is -2.29. The second kappa shape index (κ2) is 5.00. The molecule has 0 aliphatic carbocycles. The van der Waals surface area contributed by atoms with Gasteiger partial charge in [-0.3, -0.25) is 4.79 Å². The number of likely N-dealkylation sites (tertiary alicyclic amines) is 2. The van der Waals surface area contributed by atoms with E-state index < -0.39 is 34.6 Å². The number of nitrogens with one attached hydrogen (secondary N) is 1. The standard InChI is InChI=1S/C15H22F3N3O3/c1-12(2,3)24-11(23)21-8-13-4-19-5-14(13,9-21)7-20(6-13)10(22)15(16,17)18/h19H,4-9H2,1-3H3/t13-,14-/m0/s1. The van der Waals surface area contributed by atoms with E-state index in [4.69, 9.17) is 4.74 Å². The fourth-order valence-electron chi connectivity index (χ4n) is 4.26. The van der Waals surface area contributed by atoms with E-state index in [2.05, 4.69) is 5.32 Å². The number of nitrogens with zero attached hydrogens (tertiary/aromatic N) is 2. The van der Waals surface area contributed by atoms with Gasteiger partial charge in [-0.25, -0.2) is 4.79 Å². The molecular formula is C15H22F3N3O3. The van der Waals surface area contributed by atoms with Crippen LogP contribution in [0.3, 0.4) is 0 Å². The van der Waals surface area contributed by atoms with E-state index in [-0.39, 0.29) is 13.1 Å². The summed E-state index contributed by atoms with van der Waals surface area (Å²) in [5.74, 6) is -1.79. The minimum absolute atomic E-state index is 0.0115. The van der Waals surface area contributed by atoms with Crippen molar-refractivity contribution in [3.05, 3.63) is 0 Å². The molecule has 1 N–H and O–H groups in total. The van der Waals surface area contributed by atoms with Crippen molar-refractivity contribution in [2.45, 2.75) is 32.5 Å². The molecule has 6 nitrogen and oxygen atoms in total. The molecule has 0 aromatic carbocycles. The van der Waals surface area contributed by atoms with E-state index in [1.807, 2.05) is 0 Å². The van der Waals surface area contributed by atoms with Crippen LogP contribution in [0.4, 0.5) is 18.0 Å². The lowest BCUT2D eigenvalue weighted by molar-refractivity contribution is -0.185. The molecule has 3 fully saturated rings. The zero-order valence-corrected chi connectivity index (χ0v) is 14.0. The molecule has 0 unspecified atom stereocenters. The van der Waals surface area contributed by atoms with Crippen LogP contribution in [0.2, 0.25) is 0 Å². The number of hydrogen-bond donors (Lipinski definition) is 1. The molecule has 0 spiro atoms. The van der Waals surface area contributed by atoms with Crippen LogP contribution in [-0.2, 0) is 9.53 Å². The summed E-state index contributed by atoms with van der Waals surface area (Å²) in [5.41, 5.74) is -1.70. The fraction of sp³-hybridized carbons (Fsp3) is 0.867. The lowest BCUT2D eigenvalue weighted by Crippen LogP contribution is -2.47. The van der Waals surface area contributed by atoms with E-state index >= 15 is 0 Å². The Kier molecular flexibility index (Phi) is 3.61. The first-order valence-electron chi connectivity index (χ1n) is 7.92. The number of hydrogen-bond acceptors (Lipinski definition) is 4. The third kappa shape index (κ3) is 2.62. The average molecular weight is 349 g/mol. The Labute approximate surface area is 138 Å². The number of carbonyl (C=O) groups excluding carboxylic acids is 2. The highest BCUT2D eigenvalue weighted by molar-refractivity contribution is 5.82. The summed E-state index contributed by atoms with van der Waals surface area (Å²) >= 11 is 0. The maximum Gasteiger partial charge on any atom is 0.471 e. The zero-order valence-electron chi connectivity index (χ0n) is 14.0. The van der Waals surface area contributed by atoms with E-state index in [1.165, 1.54) is 0 Å². The minimum Gasteiger partial charge on any atom is -0.444 e. The van der Waals surface area contributed by atoms with Crippen molar-refractivity contribution < 1.29 is 27.5 Å². The third-order valence-electron chi connectivity index (χ3n) is 5.21. The van der Waals surface area contributed by atoms with Gasteiger partial charge in [0.15, 0.2) is 0 Å². The van der Waals surface area contributed by atoms with Gasteiger partial charge in [0.05, 0.1) is 0 Å². The normalized spacial score (nSPS) is 32.8. The first-order chi connectivity index (χ1) is 10.9. The monoisotopic (exact) mass is 349 g/mol. The summed E-state index contributed by atoms with van der Waals surface area (Å²) in [7, 11) is 0. The summed E-state index contributed by atoms with van der Waals surface area (Å²) in [4.78, 5) is 26.4. The smallest absolute Gasteiger partial charge is 0.444 e. The Morgan fingerprint density at radius 1 is 0.958 bits per heavy atom. The third-order valence-corrected chi connectivity index (χ3v) is 5.21. The second-order valence-electron chi connectivity index (χ2n) is 8.16. The van der Waals surface area contributed by atoms with Crippen molar-refractivity contribution in [1.29, 1.82) is 0 Å². The molecule has 2 amide bonds. The van der Waals surface area contributed by atoms with E-state index in [1.54, 1.807) is 25.7 Å². The molecular weight excluding hydrogens is 327 g/mol. The Hall–Kier alpha value is -1.51. The molecule has 3 saturated heterocycles. The van der Waals surface area contributed by atoms with Gasteiger partial charge in [-0.15, -0.1) is 0 Å². The number of ether oxygens (including phenoxy) is 1. The highest BCUT2D eigenvalue weighted by Gasteiger charge is 2.68. The van der Waals surface area contributed by atoms with Crippen LogP contribution in [0.25, 0.3) is 0 Å². The van der Waals surface area contributed by atoms with Crippen LogP contribution < -0.4 is 5.32 Å². The highest BCUT2D eigenvalue weighted by Crippen LogP contribution is 2.54. The predicted molar refractivity (Wildman–Crippen MR) is 78.2 cm³/mol. The highest BCUT2D eigenvalue weighted by atomic mass is 19.4. The van der Waals surface area contributed by atoms with E-state index in [0.29, 0.717) is 26.2 Å². The van der Waals surface area contributed by atoms with Crippen molar-refractivity contribution in [1.82, 2.24) is 15.1 Å². The number of rotatable bonds is 0. The first-order valence-corrected chi connectivity index (χ1v) is 7.92. The number of alkyl halides is 3. The van der Waals surface area contributed by atoms with Gasteiger partial charge >= 0.3 is 18.2 Å². The summed E-state index contributed by atoms with van der Waals surface area (Å²) in [6, 6.07) is 0. The van der Waals surface area contributed by atoms with E-state index in [9.17, 15) is 22.8 Å². The molecule has 0 radical (unpaired) electrons. The molecule has 3 aliphatic rings. The van der Waals surface area contributed by atoms with Gasteiger partial charge < -0.3 is 19.9 Å². The predicted octanol–water partition coefficient (Wildman–Crippen LogP) is 1.22. The largest absolute Gasteiger partial charge is 0.471 e. The van der Waals surface area contributed by atoms with Gasteiger partial charge in [0.25, 0.3) is 0 Å². The quantitative estimate of drug-likeness (QED) is 0.714. The summed E-state index contributed by atoms with van der Waals surface area (Å²) in [6.45, 7) is 6.92. The summed E-state index contributed by atoms with van der Waals surface area (Å²) in [5, 5.41) is 3.22. The van der Waals surface area contributed by atoms with Crippen LogP contribution in [-0.4, -0.2) is 72.8 Å². The van der Waals surface area contributed by atoms with Crippen molar-refractivity contribution in [2.75, 3.05) is 39.3 Å². The summed E-state index contributed by atoms with van der Waals surface area (Å²) < 4.78 is 43.6. The van der Waals surface area contributed by atoms with Gasteiger partial charge in [-0.1, -0.05) is 0 Å². The van der Waals surface area contributed by atoms with Crippen molar-refractivity contribution >= 4 is 12.0 Å². The van der Waals surface area contributed by atoms with Gasteiger partial charge in [-0.05, 0) is 20.8 Å². The minimum atomic E-state index is -4.86. The molecule has 2 atom stereocenters. The second-order valence-corrected chi connectivity index (χ2v) is 8.16. The van der Waals surface area contributed by atoms with Gasteiger partial charge in [0.1, 0.15) is 5.60 Å². The average Bonchev–Trinajstić information content (AvgIpc) is 2.92. The van der Waals surface area contributed by atoms with E-state index in [0.717, 1.165) is 4.90 Å². The van der Waals surface area contributed by atoms with Gasteiger partial charge in [-0.2, -0.15) is 13.2 Å². The van der Waals surface area contributed by atoms with Gasteiger partial charge in [0, 0.05) is 50.1 Å². The molecule has 0 bridgehead atoms. The van der Waals surface area contributed by atoms with Crippen molar-refractivity contribution in [2.24, 2.45) is 10.8 Å². The topological polar surface area (TPSA) is 61.9 Å². The maximum absolute atomic E-state index is 12.7. The number of halogens is 3. The molecule has 0 aromatic heterocycles. The summed E-state index contributed by atoms with van der Waals surface area (Å²) in [6.07, 6.45) is -5.32. The molecule has 3 rings (SSSR count). The molecule has 0 saturated carbocycles. The molecule has 3 aliphatic heterocycles. The molecule has 136 valence electrons.